The lowest BCUT2D eigenvalue weighted by molar-refractivity contribution is 0.369. The SMILES string of the molecule is Cl.Nc1cc(Br)c(OCC2=NCCN2)c(Br)c1. The zero-order valence-electron chi connectivity index (χ0n) is 8.87. The number of aliphatic imine (C=N–C) groups is 1. The first kappa shape index (κ1) is 14.6. The minimum atomic E-state index is 0. The van der Waals surface area contributed by atoms with Crippen LogP contribution in [-0.4, -0.2) is 25.5 Å². The van der Waals surface area contributed by atoms with Crippen molar-refractivity contribution in [2.45, 2.75) is 0 Å². The molecule has 0 bridgehead atoms. The van der Waals surface area contributed by atoms with Crippen LogP contribution in [0.4, 0.5) is 5.69 Å². The Balaban J connectivity index is 0.00000144. The summed E-state index contributed by atoms with van der Waals surface area (Å²) >= 11 is 6.82. The third-order valence-electron chi connectivity index (χ3n) is 2.12. The van der Waals surface area contributed by atoms with E-state index in [1.807, 2.05) is 12.1 Å². The molecule has 0 atom stereocenters. The number of nitrogens with one attached hydrogen (secondary N) is 1. The largest absolute Gasteiger partial charge is 0.483 e. The van der Waals surface area contributed by atoms with Gasteiger partial charge in [0.2, 0.25) is 0 Å². The molecule has 0 spiro atoms. The van der Waals surface area contributed by atoms with E-state index in [1.54, 1.807) is 0 Å². The van der Waals surface area contributed by atoms with Crippen LogP contribution < -0.4 is 15.8 Å². The molecule has 17 heavy (non-hydrogen) atoms. The van der Waals surface area contributed by atoms with E-state index in [0.717, 1.165) is 33.6 Å². The Morgan fingerprint density at radius 2 is 2.00 bits per heavy atom. The summed E-state index contributed by atoms with van der Waals surface area (Å²) < 4.78 is 7.33. The average molecular weight is 385 g/mol. The Hall–Kier alpha value is -0.460. The molecule has 1 aromatic carbocycles. The lowest BCUT2D eigenvalue weighted by Gasteiger charge is -2.11. The van der Waals surface area contributed by atoms with Crippen LogP contribution in [0.2, 0.25) is 0 Å². The molecule has 2 rings (SSSR count). The lowest BCUT2D eigenvalue weighted by atomic mass is 10.3. The number of halogens is 3. The second-order valence-corrected chi connectivity index (χ2v) is 5.07. The molecule has 94 valence electrons. The van der Waals surface area contributed by atoms with Crippen molar-refractivity contribution in [3.63, 3.8) is 0 Å². The number of amidine groups is 1. The molecule has 0 fully saturated rings. The molecule has 0 unspecified atom stereocenters. The summed E-state index contributed by atoms with van der Waals surface area (Å²) in [6.07, 6.45) is 0. The molecular formula is C10H12Br2ClN3O. The number of hydrogen-bond acceptors (Lipinski definition) is 4. The minimum absolute atomic E-state index is 0. The van der Waals surface area contributed by atoms with Gasteiger partial charge in [-0.15, -0.1) is 12.4 Å². The van der Waals surface area contributed by atoms with E-state index < -0.39 is 0 Å². The minimum Gasteiger partial charge on any atom is -0.483 e. The van der Waals surface area contributed by atoms with Gasteiger partial charge in [-0.25, -0.2) is 0 Å². The number of benzene rings is 1. The Morgan fingerprint density at radius 1 is 1.35 bits per heavy atom. The van der Waals surface area contributed by atoms with Crippen LogP contribution in [0.5, 0.6) is 5.75 Å². The molecule has 7 heteroatoms. The van der Waals surface area contributed by atoms with Crippen molar-refractivity contribution in [1.82, 2.24) is 5.32 Å². The van der Waals surface area contributed by atoms with Crippen molar-refractivity contribution in [1.29, 1.82) is 0 Å². The summed E-state index contributed by atoms with van der Waals surface area (Å²) in [4.78, 5) is 4.25. The molecule has 0 aliphatic carbocycles. The maximum Gasteiger partial charge on any atom is 0.148 e. The van der Waals surface area contributed by atoms with Crippen molar-refractivity contribution in [3.8, 4) is 5.75 Å². The monoisotopic (exact) mass is 383 g/mol. The van der Waals surface area contributed by atoms with E-state index in [9.17, 15) is 0 Å². The van der Waals surface area contributed by atoms with Gasteiger partial charge in [-0.2, -0.15) is 0 Å². The second kappa shape index (κ2) is 6.47. The highest BCUT2D eigenvalue weighted by atomic mass is 79.9. The van der Waals surface area contributed by atoms with E-state index in [4.69, 9.17) is 10.5 Å². The van der Waals surface area contributed by atoms with Gasteiger partial charge >= 0.3 is 0 Å². The Morgan fingerprint density at radius 3 is 2.53 bits per heavy atom. The first-order valence-corrected chi connectivity index (χ1v) is 6.40. The molecule has 1 aliphatic heterocycles. The Bertz CT molecular complexity index is 417. The van der Waals surface area contributed by atoms with Crippen LogP contribution in [0, 0.1) is 0 Å². The highest BCUT2D eigenvalue weighted by molar-refractivity contribution is 9.11. The number of nitrogens with two attached hydrogens (primary N) is 1. The van der Waals surface area contributed by atoms with Gasteiger partial charge < -0.3 is 15.8 Å². The standard InChI is InChI=1S/C10H11Br2N3O.ClH/c11-7-3-6(13)4-8(12)10(7)16-5-9-14-1-2-15-9;/h3-4H,1-2,5,13H2,(H,14,15);1H. The van der Waals surface area contributed by atoms with Crippen LogP contribution in [0.25, 0.3) is 0 Å². The number of nitrogens with zero attached hydrogens (tertiary/aromatic N) is 1. The molecule has 4 nitrogen and oxygen atoms in total. The fraction of sp³-hybridized carbons (Fsp3) is 0.300. The van der Waals surface area contributed by atoms with Crippen molar-refractivity contribution in [3.05, 3.63) is 21.1 Å². The van der Waals surface area contributed by atoms with Gasteiger partial charge in [-0.1, -0.05) is 0 Å². The highest BCUT2D eigenvalue weighted by Crippen LogP contribution is 2.35. The maximum absolute atomic E-state index is 5.70. The van der Waals surface area contributed by atoms with Crippen LogP contribution >= 0.6 is 44.3 Å². The third-order valence-corrected chi connectivity index (χ3v) is 3.30. The quantitative estimate of drug-likeness (QED) is 0.787. The van der Waals surface area contributed by atoms with Gasteiger partial charge in [0.1, 0.15) is 18.2 Å². The van der Waals surface area contributed by atoms with Gasteiger partial charge in [0, 0.05) is 12.2 Å². The average Bonchev–Trinajstić information content (AvgIpc) is 2.68. The fourth-order valence-corrected chi connectivity index (χ4v) is 2.85. The van der Waals surface area contributed by atoms with Crippen LogP contribution in [0.1, 0.15) is 0 Å². The van der Waals surface area contributed by atoms with Crippen LogP contribution in [0.3, 0.4) is 0 Å². The van der Waals surface area contributed by atoms with E-state index in [-0.39, 0.29) is 12.4 Å². The molecule has 0 aromatic heterocycles. The molecular weight excluding hydrogens is 373 g/mol. The first-order valence-electron chi connectivity index (χ1n) is 4.81. The zero-order chi connectivity index (χ0) is 11.5. The van der Waals surface area contributed by atoms with Crippen molar-refractivity contribution < 1.29 is 4.74 Å². The number of nitrogen functional groups attached to an aromatic ring is 1. The van der Waals surface area contributed by atoms with E-state index in [2.05, 4.69) is 42.2 Å². The Labute approximate surface area is 123 Å². The van der Waals surface area contributed by atoms with Crippen molar-refractivity contribution in [2.75, 3.05) is 25.4 Å². The Kier molecular flexibility index (Phi) is 5.55. The van der Waals surface area contributed by atoms with Gasteiger partial charge in [0.15, 0.2) is 0 Å². The van der Waals surface area contributed by atoms with Gasteiger partial charge in [0.25, 0.3) is 0 Å². The topological polar surface area (TPSA) is 59.6 Å². The molecule has 1 aliphatic rings. The molecule has 0 radical (unpaired) electrons. The third kappa shape index (κ3) is 3.76. The van der Waals surface area contributed by atoms with E-state index >= 15 is 0 Å². The number of ether oxygens (including phenoxy) is 1. The molecule has 1 aromatic rings. The second-order valence-electron chi connectivity index (χ2n) is 3.36. The molecule has 3 N–H and O–H groups in total. The predicted octanol–water partition coefficient (Wildman–Crippen LogP) is 2.60. The maximum atomic E-state index is 5.70. The molecule has 0 saturated carbocycles. The van der Waals surface area contributed by atoms with E-state index in [0.29, 0.717) is 12.3 Å². The predicted molar refractivity (Wildman–Crippen MR) is 79.3 cm³/mol. The van der Waals surface area contributed by atoms with Crippen LogP contribution in [0.15, 0.2) is 26.1 Å². The summed E-state index contributed by atoms with van der Waals surface area (Å²) in [7, 11) is 0. The molecule has 0 amide bonds. The molecule has 1 heterocycles. The normalized spacial score (nSPS) is 13.6. The summed E-state index contributed by atoms with van der Waals surface area (Å²) in [5.74, 6) is 1.63. The smallest absolute Gasteiger partial charge is 0.148 e. The number of anilines is 1. The fourth-order valence-electron chi connectivity index (χ4n) is 1.40. The number of rotatable bonds is 3. The highest BCUT2D eigenvalue weighted by Gasteiger charge is 2.11. The summed E-state index contributed by atoms with van der Waals surface area (Å²) in [5, 5.41) is 3.15. The van der Waals surface area contributed by atoms with Crippen molar-refractivity contribution >= 4 is 55.8 Å². The van der Waals surface area contributed by atoms with E-state index in [1.165, 1.54) is 0 Å². The molecule has 0 saturated heterocycles. The van der Waals surface area contributed by atoms with Crippen molar-refractivity contribution in [2.24, 2.45) is 4.99 Å². The van der Waals surface area contributed by atoms with Crippen LogP contribution in [-0.2, 0) is 0 Å². The summed E-state index contributed by atoms with van der Waals surface area (Å²) in [5.41, 5.74) is 6.38. The first-order chi connectivity index (χ1) is 7.66. The summed E-state index contributed by atoms with van der Waals surface area (Å²) in [6.45, 7) is 2.16. The lowest BCUT2D eigenvalue weighted by Crippen LogP contribution is -2.25. The van der Waals surface area contributed by atoms with Gasteiger partial charge in [0.05, 0.1) is 15.5 Å². The summed E-state index contributed by atoms with van der Waals surface area (Å²) in [6, 6.07) is 3.62. The van der Waals surface area contributed by atoms with Gasteiger partial charge in [-0.3, -0.25) is 4.99 Å². The van der Waals surface area contributed by atoms with Gasteiger partial charge in [-0.05, 0) is 44.0 Å². The number of hydrogen-bond donors (Lipinski definition) is 2. The zero-order valence-corrected chi connectivity index (χ0v) is 12.9.